The summed E-state index contributed by atoms with van der Waals surface area (Å²) in [6.07, 6.45) is -1.46. The van der Waals surface area contributed by atoms with Crippen LogP contribution in [0, 0.1) is 0 Å². The van der Waals surface area contributed by atoms with Crippen LogP contribution < -0.4 is 10.6 Å². The Morgan fingerprint density at radius 3 is 2.23 bits per heavy atom. The molecular weight excluding hydrogens is 466 g/mol. The van der Waals surface area contributed by atoms with E-state index in [1.807, 2.05) is 72.8 Å². The van der Waals surface area contributed by atoms with Crippen molar-refractivity contribution in [1.29, 1.82) is 0 Å². The van der Waals surface area contributed by atoms with E-state index in [1.165, 1.54) is 11.3 Å². The number of aromatic nitrogens is 1. The number of alkyl carbamates (subject to hydrolysis) is 1. The number of rotatable bonds is 7. The summed E-state index contributed by atoms with van der Waals surface area (Å²) in [6.45, 7) is 0.0547. The van der Waals surface area contributed by atoms with Gasteiger partial charge in [0.15, 0.2) is 5.13 Å². The van der Waals surface area contributed by atoms with Crippen LogP contribution in [0.3, 0.4) is 0 Å². The third-order valence-electron chi connectivity index (χ3n) is 5.86. The van der Waals surface area contributed by atoms with Crippen LogP contribution in [0.4, 0.5) is 9.93 Å². The number of anilines is 1. The molecule has 0 fully saturated rings. The molecule has 1 heterocycles. The van der Waals surface area contributed by atoms with Crippen LogP contribution >= 0.6 is 11.3 Å². The molecule has 176 valence electrons. The Balaban J connectivity index is 1.26. The van der Waals surface area contributed by atoms with Crippen LogP contribution in [0.1, 0.15) is 23.5 Å². The Bertz CT molecular complexity index is 1350. The number of amides is 2. The van der Waals surface area contributed by atoms with Crippen LogP contribution in [0.15, 0.2) is 72.8 Å². The van der Waals surface area contributed by atoms with E-state index in [0.717, 1.165) is 27.0 Å². The third-order valence-corrected chi connectivity index (χ3v) is 6.81. The lowest BCUT2D eigenvalue weighted by molar-refractivity contribution is -0.139. The Hall–Kier alpha value is -4.24. The van der Waals surface area contributed by atoms with E-state index < -0.39 is 30.4 Å². The highest BCUT2D eigenvalue weighted by atomic mass is 32.1. The molecule has 8 nitrogen and oxygen atoms in total. The first-order valence-electron chi connectivity index (χ1n) is 11.0. The third kappa shape index (κ3) is 4.71. The van der Waals surface area contributed by atoms with E-state index in [0.29, 0.717) is 10.6 Å². The molecule has 0 radical (unpaired) electrons. The first kappa shape index (κ1) is 22.5. The minimum Gasteiger partial charge on any atom is -0.481 e. The van der Waals surface area contributed by atoms with E-state index in [2.05, 4.69) is 15.6 Å². The number of nitrogens with zero attached hydrogens (tertiary/aromatic N) is 1. The van der Waals surface area contributed by atoms with Gasteiger partial charge in [-0.2, -0.15) is 0 Å². The van der Waals surface area contributed by atoms with Gasteiger partial charge in [0.25, 0.3) is 0 Å². The fourth-order valence-corrected chi connectivity index (χ4v) is 5.15. The van der Waals surface area contributed by atoms with E-state index in [9.17, 15) is 19.5 Å². The van der Waals surface area contributed by atoms with Gasteiger partial charge in [0.05, 0.1) is 16.6 Å². The molecule has 9 heteroatoms. The van der Waals surface area contributed by atoms with E-state index in [-0.39, 0.29) is 12.5 Å². The average Bonchev–Trinajstić information content (AvgIpc) is 3.40. The van der Waals surface area contributed by atoms with Gasteiger partial charge in [-0.25, -0.2) is 9.78 Å². The standard InChI is InChI=1S/C26H21N3O5S/c30-23(31)13-21(24(32)29-25-27-20-11-5-6-12-22(20)35-25)28-26(33)34-14-19-17-9-3-1-7-15(17)16-8-2-4-10-18(16)19/h1-12,19,21H,13-14H2,(H,28,33)(H,30,31)(H,27,29,32). The number of aliphatic carboxylic acids is 1. The number of para-hydroxylation sites is 1. The van der Waals surface area contributed by atoms with Crippen LogP contribution in [-0.4, -0.2) is 40.7 Å². The monoisotopic (exact) mass is 487 g/mol. The maximum Gasteiger partial charge on any atom is 0.407 e. The molecule has 5 rings (SSSR count). The van der Waals surface area contributed by atoms with E-state index in [4.69, 9.17) is 4.74 Å². The van der Waals surface area contributed by atoms with Gasteiger partial charge in [0.1, 0.15) is 12.6 Å². The molecule has 3 N–H and O–H groups in total. The predicted octanol–water partition coefficient (Wildman–Crippen LogP) is 4.62. The Kier molecular flexibility index (Phi) is 6.15. The second-order valence-corrected chi connectivity index (χ2v) is 9.13. The van der Waals surface area contributed by atoms with Gasteiger partial charge in [-0.3, -0.25) is 9.59 Å². The zero-order valence-corrected chi connectivity index (χ0v) is 19.2. The second kappa shape index (κ2) is 9.55. The van der Waals surface area contributed by atoms with Gasteiger partial charge in [-0.15, -0.1) is 0 Å². The SMILES string of the molecule is O=C(O)CC(NC(=O)OCC1c2ccccc2-c2ccccc21)C(=O)Nc1nc2ccccc2s1. The van der Waals surface area contributed by atoms with Crippen molar-refractivity contribution in [3.05, 3.63) is 83.9 Å². The van der Waals surface area contributed by atoms with E-state index >= 15 is 0 Å². The molecule has 0 saturated heterocycles. The molecule has 1 aromatic heterocycles. The van der Waals surface area contributed by atoms with Crippen LogP contribution in [-0.2, 0) is 14.3 Å². The van der Waals surface area contributed by atoms with Gasteiger partial charge in [0.2, 0.25) is 5.91 Å². The number of benzene rings is 3. The number of carbonyl (C=O) groups excluding carboxylic acids is 2. The fourth-order valence-electron chi connectivity index (χ4n) is 4.28. The Morgan fingerprint density at radius 1 is 0.943 bits per heavy atom. The lowest BCUT2D eigenvalue weighted by Crippen LogP contribution is -2.45. The van der Waals surface area contributed by atoms with E-state index in [1.54, 1.807) is 0 Å². The number of carboxylic acid groups (broad SMARTS) is 1. The lowest BCUT2D eigenvalue weighted by Gasteiger charge is -2.18. The number of fused-ring (bicyclic) bond motifs is 4. The van der Waals surface area contributed by atoms with Crippen molar-refractivity contribution in [1.82, 2.24) is 10.3 Å². The minimum atomic E-state index is -1.32. The number of ether oxygens (including phenoxy) is 1. The number of carbonyl (C=O) groups is 3. The summed E-state index contributed by atoms with van der Waals surface area (Å²) in [4.78, 5) is 41.0. The zero-order chi connectivity index (χ0) is 24.4. The molecule has 2 amide bonds. The van der Waals surface area contributed by atoms with Crippen LogP contribution in [0.25, 0.3) is 21.3 Å². The molecule has 35 heavy (non-hydrogen) atoms. The lowest BCUT2D eigenvalue weighted by atomic mass is 9.98. The molecule has 3 aromatic carbocycles. The number of hydrogen-bond donors (Lipinski definition) is 3. The summed E-state index contributed by atoms with van der Waals surface area (Å²) in [5, 5.41) is 14.6. The molecular formula is C26H21N3O5S. The largest absolute Gasteiger partial charge is 0.481 e. The molecule has 0 saturated carbocycles. The smallest absolute Gasteiger partial charge is 0.407 e. The first-order chi connectivity index (χ1) is 17.0. The zero-order valence-electron chi connectivity index (χ0n) is 18.4. The average molecular weight is 488 g/mol. The molecule has 0 bridgehead atoms. The maximum atomic E-state index is 12.8. The van der Waals surface area contributed by atoms with Crippen molar-refractivity contribution in [2.45, 2.75) is 18.4 Å². The van der Waals surface area contributed by atoms with Gasteiger partial charge < -0.3 is 20.5 Å². The highest BCUT2D eigenvalue weighted by molar-refractivity contribution is 7.22. The van der Waals surface area contributed by atoms with Crippen molar-refractivity contribution >= 4 is 44.7 Å². The van der Waals surface area contributed by atoms with Crippen molar-refractivity contribution in [3.63, 3.8) is 0 Å². The fraction of sp³-hybridized carbons (Fsp3) is 0.154. The van der Waals surface area contributed by atoms with Crippen molar-refractivity contribution in [3.8, 4) is 11.1 Å². The van der Waals surface area contributed by atoms with Crippen LogP contribution in [0.5, 0.6) is 0 Å². The highest BCUT2D eigenvalue weighted by Gasteiger charge is 2.30. The minimum absolute atomic E-state index is 0.0547. The predicted molar refractivity (Wildman–Crippen MR) is 132 cm³/mol. The molecule has 1 unspecified atom stereocenters. The van der Waals surface area contributed by atoms with Gasteiger partial charge in [-0.1, -0.05) is 72.0 Å². The van der Waals surface area contributed by atoms with Crippen LogP contribution in [0.2, 0.25) is 0 Å². The first-order valence-corrected chi connectivity index (χ1v) is 11.8. The summed E-state index contributed by atoms with van der Waals surface area (Å²) in [6, 6.07) is 21.9. The summed E-state index contributed by atoms with van der Waals surface area (Å²) in [7, 11) is 0. The van der Waals surface area contributed by atoms with Gasteiger partial charge >= 0.3 is 12.1 Å². The summed E-state index contributed by atoms with van der Waals surface area (Å²) < 4.78 is 6.34. The van der Waals surface area contributed by atoms with Gasteiger partial charge in [-0.05, 0) is 34.4 Å². The quantitative estimate of drug-likeness (QED) is 0.350. The number of thiazole rings is 1. The number of carboxylic acids is 1. The molecule has 4 aromatic rings. The topological polar surface area (TPSA) is 118 Å². The summed E-state index contributed by atoms with van der Waals surface area (Å²) in [5.41, 5.74) is 5.01. The summed E-state index contributed by atoms with van der Waals surface area (Å²) >= 11 is 1.26. The molecule has 0 aliphatic heterocycles. The van der Waals surface area contributed by atoms with Gasteiger partial charge in [0, 0.05) is 5.92 Å². The number of nitrogens with one attached hydrogen (secondary N) is 2. The normalized spacial score (nSPS) is 13.0. The second-order valence-electron chi connectivity index (χ2n) is 8.10. The Morgan fingerprint density at radius 2 is 1.57 bits per heavy atom. The molecule has 0 spiro atoms. The molecule has 1 atom stereocenters. The van der Waals surface area contributed by atoms with Crippen molar-refractivity contribution < 1.29 is 24.2 Å². The maximum absolute atomic E-state index is 12.8. The highest BCUT2D eigenvalue weighted by Crippen LogP contribution is 2.44. The molecule has 1 aliphatic rings. The van der Waals surface area contributed by atoms with Crippen molar-refractivity contribution in [2.75, 3.05) is 11.9 Å². The number of hydrogen-bond acceptors (Lipinski definition) is 6. The Labute approximate surface area is 204 Å². The molecule has 1 aliphatic carbocycles. The summed E-state index contributed by atoms with van der Waals surface area (Å²) in [5.74, 6) is -2.06. The van der Waals surface area contributed by atoms with Crippen molar-refractivity contribution in [2.24, 2.45) is 0 Å².